The smallest absolute Gasteiger partial charge is 0.128 e. The third-order valence-corrected chi connectivity index (χ3v) is 8.87. The van der Waals surface area contributed by atoms with E-state index in [4.69, 9.17) is 4.74 Å². The highest BCUT2D eigenvalue weighted by Crippen LogP contribution is 2.51. The Bertz CT molecular complexity index is 1310. The fraction of sp³-hybridized carbons (Fsp3) is 0.455. The summed E-state index contributed by atoms with van der Waals surface area (Å²) in [4.78, 5) is 4.86. The number of halogens is 1. The van der Waals surface area contributed by atoms with Crippen molar-refractivity contribution < 1.29 is 9.13 Å². The van der Waals surface area contributed by atoms with Gasteiger partial charge in [-0.3, -0.25) is 0 Å². The van der Waals surface area contributed by atoms with Gasteiger partial charge in [-0.25, -0.2) is 4.39 Å². The van der Waals surface area contributed by atoms with E-state index in [9.17, 15) is 4.39 Å². The predicted molar refractivity (Wildman–Crippen MR) is 156 cm³/mol. The fourth-order valence-electron chi connectivity index (χ4n) is 7.00. The molecule has 2 unspecified atom stereocenters. The third kappa shape index (κ3) is 4.33. The molecule has 0 bridgehead atoms. The summed E-state index contributed by atoms with van der Waals surface area (Å²) < 4.78 is 20.5. The van der Waals surface area contributed by atoms with Crippen molar-refractivity contribution in [1.82, 2.24) is 0 Å². The number of anilines is 2. The summed E-state index contributed by atoms with van der Waals surface area (Å²) in [5, 5.41) is 2.61. The van der Waals surface area contributed by atoms with Gasteiger partial charge >= 0.3 is 0 Å². The van der Waals surface area contributed by atoms with Crippen LogP contribution in [0.1, 0.15) is 62.3 Å². The first-order valence-electron chi connectivity index (χ1n) is 14.0. The van der Waals surface area contributed by atoms with E-state index in [-0.39, 0.29) is 17.3 Å². The number of hydrogen-bond acceptors (Lipinski definition) is 3. The summed E-state index contributed by atoms with van der Waals surface area (Å²) in [5.41, 5.74) is 7.11. The van der Waals surface area contributed by atoms with Gasteiger partial charge in [-0.05, 0) is 72.9 Å². The minimum Gasteiger partial charge on any atom is -0.378 e. The summed E-state index contributed by atoms with van der Waals surface area (Å²) in [6.07, 6.45) is 8.59. The molecule has 0 aliphatic carbocycles. The number of fused-ring (bicyclic) bond motifs is 2. The van der Waals surface area contributed by atoms with Crippen LogP contribution in [0.3, 0.4) is 0 Å². The van der Waals surface area contributed by atoms with Crippen LogP contribution in [0.15, 0.2) is 48.5 Å². The largest absolute Gasteiger partial charge is 0.378 e. The molecule has 1 saturated heterocycles. The number of aryl methyl sites for hydroxylation is 1. The van der Waals surface area contributed by atoms with Crippen LogP contribution in [0.25, 0.3) is 16.8 Å². The van der Waals surface area contributed by atoms with Crippen LogP contribution in [0.5, 0.6) is 0 Å². The van der Waals surface area contributed by atoms with E-state index in [1.807, 2.05) is 6.92 Å². The molecular formula is C33H41FN2O. The van der Waals surface area contributed by atoms with Crippen molar-refractivity contribution in [1.29, 1.82) is 0 Å². The van der Waals surface area contributed by atoms with Crippen LogP contribution in [0, 0.1) is 12.7 Å². The van der Waals surface area contributed by atoms with Crippen LogP contribution in [0.4, 0.5) is 15.8 Å². The molecule has 0 radical (unpaired) electrons. The zero-order valence-corrected chi connectivity index (χ0v) is 23.1. The Morgan fingerprint density at radius 1 is 1.05 bits per heavy atom. The molecule has 3 aromatic carbocycles. The maximum Gasteiger partial charge on any atom is 0.128 e. The molecule has 0 saturated carbocycles. The number of hydrogen-bond donors (Lipinski definition) is 0. The van der Waals surface area contributed by atoms with E-state index in [1.54, 1.807) is 6.07 Å². The molecule has 2 heterocycles. The average molecular weight is 501 g/mol. The molecule has 3 nitrogen and oxygen atoms in total. The lowest BCUT2D eigenvalue weighted by molar-refractivity contribution is 0.123. The van der Waals surface area contributed by atoms with Crippen LogP contribution < -0.4 is 9.80 Å². The molecule has 1 fully saturated rings. The number of morpholine rings is 1. The Morgan fingerprint density at radius 3 is 2.46 bits per heavy atom. The van der Waals surface area contributed by atoms with Gasteiger partial charge in [0.25, 0.3) is 0 Å². The summed E-state index contributed by atoms with van der Waals surface area (Å²) >= 11 is 0. The van der Waals surface area contributed by atoms with Crippen LogP contribution in [0.2, 0.25) is 0 Å². The van der Waals surface area contributed by atoms with Crippen molar-refractivity contribution in [3.8, 4) is 0 Å². The van der Waals surface area contributed by atoms with Gasteiger partial charge in [0, 0.05) is 48.4 Å². The lowest BCUT2D eigenvalue weighted by atomic mass is 9.69. The maximum absolute atomic E-state index is 14.8. The van der Waals surface area contributed by atoms with E-state index in [0.29, 0.717) is 0 Å². The van der Waals surface area contributed by atoms with Gasteiger partial charge in [0.15, 0.2) is 0 Å². The van der Waals surface area contributed by atoms with Crippen molar-refractivity contribution in [3.63, 3.8) is 0 Å². The second-order valence-electron chi connectivity index (χ2n) is 10.8. The quantitative estimate of drug-likeness (QED) is 0.331. The summed E-state index contributed by atoms with van der Waals surface area (Å²) in [5.74, 6) is -0.109. The number of nitrogens with zero attached hydrogens (tertiary/aromatic N) is 2. The van der Waals surface area contributed by atoms with Gasteiger partial charge in [0.05, 0.1) is 13.2 Å². The highest BCUT2D eigenvalue weighted by atomic mass is 19.1. The number of likely N-dealkylation sites (N-methyl/N-ethyl adjacent to an activating group) is 1. The molecule has 0 amide bonds. The average Bonchev–Trinajstić information content (AvgIpc) is 3.13. The monoisotopic (exact) mass is 500 g/mol. The zero-order chi connectivity index (χ0) is 26.2. The summed E-state index contributed by atoms with van der Waals surface area (Å²) in [6, 6.07) is 15.4. The number of rotatable bonds is 7. The number of allylic oxidation sites excluding steroid dienone is 1. The van der Waals surface area contributed by atoms with Gasteiger partial charge in [0.2, 0.25) is 0 Å². The Labute approximate surface area is 221 Å². The molecule has 196 valence electrons. The van der Waals surface area contributed by atoms with Crippen molar-refractivity contribution in [2.75, 3.05) is 43.2 Å². The second-order valence-corrected chi connectivity index (χ2v) is 10.8. The molecule has 0 aromatic heterocycles. The Kier molecular flexibility index (Phi) is 7.31. The van der Waals surface area contributed by atoms with Crippen LogP contribution in [-0.4, -0.2) is 39.4 Å². The van der Waals surface area contributed by atoms with Gasteiger partial charge < -0.3 is 14.5 Å². The van der Waals surface area contributed by atoms with Crippen molar-refractivity contribution in [2.24, 2.45) is 0 Å². The van der Waals surface area contributed by atoms with Gasteiger partial charge in [-0.15, -0.1) is 0 Å². The molecule has 0 N–H and O–H groups in total. The van der Waals surface area contributed by atoms with E-state index in [2.05, 4.69) is 86.2 Å². The van der Waals surface area contributed by atoms with Crippen LogP contribution >= 0.6 is 0 Å². The van der Waals surface area contributed by atoms with Crippen molar-refractivity contribution in [3.05, 3.63) is 76.6 Å². The highest BCUT2D eigenvalue weighted by molar-refractivity contribution is 6.00. The van der Waals surface area contributed by atoms with Crippen LogP contribution in [-0.2, 0) is 16.6 Å². The molecule has 37 heavy (non-hydrogen) atoms. The minimum atomic E-state index is -0.109. The lowest BCUT2D eigenvalue weighted by Gasteiger charge is -2.39. The molecule has 3 aromatic rings. The number of ether oxygens (including phenoxy) is 1. The topological polar surface area (TPSA) is 15.7 Å². The predicted octanol–water partition coefficient (Wildman–Crippen LogP) is 7.67. The molecule has 4 heteroatoms. The Balaban J connectivity index is 1.68. The zero-order valence-electron chi connectivity index (χ0n) is 23.1. The van der Waals surface area contributed by atoms with E-state index in [1.165, 1.54) is 33.2 Å². The van der Waals surface area contributed by atoms with Gasteiger partial charge in [0.1, 0.15) is 5.82 Å². The molecule has 2 atom stereocenters. The minimum absolute atomic E-state index is 0.00470. The fourth-order valence-corrected chi connectivity index (χ4v) is 7.00. The van der Waals surface area contributed by atoms with Crippen molar-refractivity contribution in [2.45, 2.75) is 64.8 Å². The first-order chi connectivity index (χ1) is 17.9. The summed E-state index contributed by atoms with van der Waals surface area (Å²) in [6.45, 7) is 11.9. The standard InChI is InChI=1S/C33H41FN2O/c1-6-11-25-24(20-30(36-15-17-37-18-16-36)27-13-10-9-12-26(25)27)21-32-33(8-3,14-7-2)28-19-23(4)29(34)22-31(28)35(32)5/h6,9-13,19-20,22,32H,7-8,14-18,21H2,1-5H3/b11-6-. The van der Waals surface area contributed by atoms with E-state index >= 15 is 0 Å². The molecule has 5 rings (SSSR count). The SMILES string of the molecule is C/C=C\c1c(CC2N(C)c3cc(F)c(C)cc3C2(CC)CCC)cc(N2CCOCC2)c2ccccc12. The van der Waals surface area contributed by atoms with Gasteiger partial charge in [-0.2, -0.15) is 0 Å². The molecule has 2 aliphatic rings. The number of benzene rings is 3. The van der Waals surface area contributed by atoms with Gasteiger partial charge in [-0.1, -0.05) is 62.8 Å². The third-order valence-electron chi connectivity index (χ3n) is 8.87. The van der Waals surface area contributed by atoms with E-state index < -0.39 is 0 Å². The summed E-state index contributed by atoms with van der Waals surface area (Å²) in [7, 11) is 2.17. The first-order valence-corrected chi connectivity index (χ1v) is 14.0. The highest BCUT2D eigenvalue weighted by Gasteiger charge is 2.48. The lowest BCUT2D eigenvalue weighted by Crippen LogP contribution is -2.44. The van der Waals surface area contributed by atoms with E-state index in [0.717, 1.165) is 63.2 Å². The van der Waals surface area contributed by atoms with Crippen molar-refractivity contribution >= 4 is 28.2 Å². The molecular weight excluding hydrogens is 459 g/mol. The Morgan fingerprint density at radius 2 is 1.78 bits per heavy atom. The maximum atomic E-state index is 14.8. The molecule has 0 spiro atoms. The Hall–Kier alpha value is -2.85. The first kappa shape index (κ1) is 25.8. The molecule has 2 aliphatic heterocycles. The normalized spacial score (nSPS) is 21.8. The second kappa shape index (κ2) is 10.5.